The van der Waals surface area contributed by atoms with E-state index in [1.807, 2.05) is 0 Å². The standard InChI is InChI=1S/C15H22ClFN2/c1-3-15(4-2)6-9-19(10-7-15)14-13(17)12(11-16)5-8-18-14/h5,8H,3-4,6-7,9-11H2,1-2H3. The van der Waals surface area contributed by atoms with Crippen molar-refractivity contribution in [2.75, 3.05) is 18.0 Å². The minimum absolute atomic E-state index is 0.197. The number of alkyl halides is 1. The Kier molecular flexibility index (Phi) is 4.67. The normalized spacial score (nSPS) is 18.6. The number of rotatable bonds is 4. The van der Waals surface area contributed by atoms with Crippen molar-refractivity contribution >= 4 is 17.4 Å². The van der Waals surface area contributed by atoms with Crippen LogP contribution in [0, 0.1) is 11.2 Å². The van der Waals surface area contributed by atoms with Crippen molar-refractivity contribution in [3.63, 3.8) is 0 Å². The summed E-state index contributed by atoms with van der Waals surface area (Å²) in [4.78, 5) is 6.27. The summed E-state index contributed by atoms with van der Waals surface area (Å²) in [6.07, 6.45) is 6.29. The predicted octanol–water partition coefficient (Wildman–Crippen LogP) is 4.37. The molecule has 2 nitrogen and oxygen atoms in total. The first-order chi connectivity index (χ1) is 9.15. The molecular formula is C15H22ClFN2. The third kappa shape index (κ3) is 2.86. The maximum Gasteiger partial charge on any atom is 0.170 e. The molecule has 2 rings (SSSR count). The lowest BCUT2D eigenvalue weighted by molar-refractivity contribution is 0.198. The van der Waals surface area contributed by atoms with E-state index in [1.54, 1.807) is 12.3 Å². The first-order valence-corrected chi connectivity index (χ1v) is 7.63. The summed E-state index contributed by atoms with van der Waals surface area (Å²) in [6, 6.07) is 1.65. The zero-order valence-electron chi connectivity index (χ0n) is 11.8. The van der Waals surface area contributed by atoms with Crippen LogP contribution >= 0.6 is 11.6 Å². The van der Waals surface area contributed by atoms with Crippen molar-refractivity contribution in [3.05, 3.63) is 23.6 Å². The molecule has 0 aliphatic carbocycles. The van der Waals surface area contributed by atoms with Crippen molar-refractivity contribution in [3.8, 4) is 0 Å². The van der Waals surface area contributed by atoms with E-state index in [2.05, 4.69) is 23.7 Å². The molecule has 4 heteroatoms. The predicted molar refractivity (Wildman–Crippen MR) is 78.2 cm³/mol. The van der Waals surface area contributed by atoms with Gasteiger partial charge in [0.15, 0.2) is 11.6 Å². The van der Waals surface area contributed by atoms with Gasteiger partial charge in [0, 0.05) is 24.8 Å². The quantitative estimate of drug-likeness (QED) is 0.764. The third-order valence-electron chi connectivity index (χ3n) is 4.72. The summed E-state index contributed by atoms with van der Waals surface area (Å²) in [5.74, 6) is 0.417. The largest absolute Gasteiger partial charge is 0.354 e. The van der Waals surface area contributed by atoms with Gasteiger partial charge in [0.25, 0.3) is 0 Å². The second-order valence-electron chi connectivity index (χ2n) is 5.44. The van der Waals surface area contributed by atoms with Crippen molar-refractivity contribution in [2.24, 2.45) is 5.41 Å². The van der Waals surface area contributed by atoms with Crippen LogP contribution in [0.3, 0.4) is 0 Å². The lowest BCUT2D eigenvalue weighted by Gasteiger charge is -2.41. The minimum Gasteiger partial charge on any atom is -0.354 e. The molecule has 1 saturated heterocycles. The van der Waals surface area contributed by atoms with Gasteiger partial charge in [-0.05, 0) is 24.3 Å². The summed E-state index contributed by atoms with van der Waals surface area (Å²) in [7, 11) is 0. The fourth-order valence-electron chi connectivity index (χ4n) is 2.94. The van der Waals surface area contributed by atoms with Gasteiger partial charge in [0.05, 0.1) is 5.88 Å². The topological polar surface area (TPSA) is 16.1 Å². The molecule has 0 bridgehead atoms. The fraction of sp³-hybridized carbons (Fsp3) is 0.667. The number of anilines is 1. The van der Waals surface area contributed by atoms with Gasteiger partial charge in [-0.15, -0.1) is 11.6 Å². The average Bonchev–Trinajstić information content (AvgIpc) is 2.48. The van der Waals surface area contributed by atoms with E-state index < -0.39 is 0 Å². The first kappa shape index (κ1) is 14.6. The second-order valence-corrected chi connectivity index (χ2v) is 5.70. The van der Waals surface area contributed by atoms with Crippen LogP contribution in [0.15, 0.2) is 12.3 Å². The molecule has 1 aromatic heterocycles. The van der Waals surface area contributed by atoms with Crippen LogP contribution in [0.5, 0.6) is 0 Å². The van der Waals surface area contributed by atoms with Crippen LogP contribution < -0.4 is 4.90 Å². The molecule has 0 atom stereocenters. The van der Waals surface area contributed by atoms with E-state index in [-0.39, 0.29) is 11.7 Å². The Morgan fingerprint density at radius 2 is 1.95 bits per heavy atom. The van der Waals surface area contributed by atoms with E-state index >= 15 is 0 Å². The molecule has 1 aromatic rings. The molecule has 0 spiro atoms. The number of aromatic nitrogens is 1. The number of hydrogen-bond acceptors (Lipinski definition) is 2. The van der Waals surface area contributed by atoms with Crippen LogP contribution in [0.2, 0.25) is 0 Å². The molecular weight excluding hydrogens is 263 g/mol. The number of halogens is 2. The molecule has 1 fully saturated rings. The van der Waals surface area contributed by atoms with Crippen molar-refractivity contribution in [1.29, 1.82) is 0 Å². The third-order valence-corrected chi connectivity index (χ3v) is 5.01. The molecule has 1 aliphatic heterocycles. The Morgan fingerprint density at radius 1 is 1.32 bits per heavy atom. The Bertz CT molecular complexity index is 422. The molecule has 19 heavy (non-hydrogen) atoms. The van der Waals surface area contributed by atoms with E-state index in [0.717, 1.165) is 25.9 Å². The lowest BCUT2D eigenvalue weighted by Crippen LogP contribution is -2.40. The highest BCUT2D eigenvalue weighted by molar-refractivity contribution is 6.17. The number of pyridine rings is 1. The van der Waals surface area contributed by atoms with Crippen molar-refractivity contribution in [2.45, 2.75) is 45.4 Å². The van der Waals surface area contributed by atoms with Gasteiger partial charge in [-0.25, -0.2) is 9.37 Å². The lowest BCUT2D eigenvalue weighted by atomic mass is 9.74. The summed E-state index contributed by atoms with van der Waals surface area (Å²) < 4.78 is 14.2. The fourth-order valence-corrected chi connectivity index (χ4v) is 3.15. The maximum atomic E-state index is 14.2. The van der Waals surface area contributed by atoms with E-state index in [0.29, 0.717) is 16.8 Å². The van der Waals surface area contributed by atoms with Crippen LogP contribution in [0.4, 0.5) is 10.2 Å². The summed E-state index contributed by atoms with van der Waals surface area (Å²) >= 11 is 5.75. The SMILES string of the molecule is CCC1(CC)CCN(c2nccc(CCl)c2F)CC1. The zero-order valence-corrected chi connectivity index (χ0v) is 12.5. The molecule has 1 aliphatic rings. The van der Waals surface area contributed by atoms with Gasteiger partial charge in [-0.1, -0.05) is 26.7 Å². The molecule has 0 amide bonds. The Labute approximate surface area is 120 Å². The molecule has 0 N–H and O–H groups in total. The van der Waals surface area contributed by atoms with Gasteiger partial charge in [0.2, 0.25) is 0 Å². The average molecular weight is 285 g/mol. The number of nitrogens with zero attached hydrogens (tertiary/aromatic N) is 2. The summed E-state index contributed by atoms with van der Waals surface area (Å²) in [5.41, 5.74) is 0.978. The Morgan fingerprint density at radius 3 is 2.47 bits per heavy atom. The highest BCUT2D eigenvalue weighted by Crippen LogP contribution is 2.39. The van der Waals surface area contributed by atoms with E-state index in [9.17, 15) is 4.39 Å². The monoisotopic (exact) mass is 284 g/mol. The van der Waals surface area contributed by atoms with E-state index in [1.165, 1.54) is 12.8 Å². The Hall–Kier alpha value is -0.830. The second kappa shape index (κ2) is 6.08. The van der Waals surface area contributed by atoms with Gasteiger partial charge >= 0.3 is 0 Å². The number of hydrogen-bond donors (Lipinski definition) is 0. The zero-order chi connectivity index (χ0) is 13.9. The van der Waals surface area contributed by atoms with Gasteiger partial charge < -0.3 is 4.90 Å². The number of piperidine rings is 1. The first-order valence-electron chi connectivity index (χ1n) is 7.10. The molecule has 0 unspecified atom stereocenters. The van der Waals surface area contributed by atoms with Crippen LogP contribution in [-0.2, 0) is 5.88 Å². The van der Waals surface area contributed by atoms with Crippen LogP contribution in [-0.4, -0.2) is 18.1 Å². The van der Waals surface area contributed by atoms with Crippen LogP contribution in [0.25, 0.3) is 0 Å². The van der Waals surface area contributed by atoms with E-state index in [4.69, 9.17) is 11.6 Å². The van der Waals surface area contributed by atoms with Gasteiger partial charge in [0.1, 0.15) is 0 Å². The summed E-state index contributed by atoms with van der Waals surface area (Å²) in [5, 5.41) is 0. The van der Waals surface area contributed by atoms with Gasteiger partial charge in [-0.2, -0.15) is 0 Å². The summed E-state index contributed by atoms with van der Waals surface area (Å²) in [6.45, 7) is 6.28. The molecule has 106 valence electrons. The van der Waals surface area contributed by atoms with Crippen molar-refractivity contribution < 1.29 is 4.39 Å². The minimum atomic E-state index is -0.252. The van der Waals surface area contributed by atoms with Gasteiger partial charge in [-0.3, -0.25) is 0 Å². The van der Waals surface area contributed by atoms with Crippen molar-refractivity contribution in [1.82, 2.24) is 4.98 Å². The molecule has 2 heterocycles. The highest BCUT2D eigenvalue weighted by Gasteiger charge is 2.32. The van der Waals surface area contributed by atoms with Crippen LogP contribution in [0.1, 0.15) is 45.1 Å². The maximum absolute atomic E-state index is 14.2. The smallest absolute Gasteiger partial charge is 0.170 e. The molecule has 0 radical (unpaired) electrons. The highest BCUT2D eigenvalue weighted by atomic mass is 35.5. The molecule has 0 saturated carbocycles. The Balaban J connectivity index is 2.14. The molecule has 0 aromatic carbocycles.